The molecule has 6 heteroatoms. The summed E-state index contributed by atoms with van der Waals surface area (Å²) >= 11 is 0. The molecule has 1 unspecified atom stereocenters. The zero-order valence-corrected chi connectivity index (χ0v) is 16.8. The van der Waals surface area contributed by atoms with Crippen molar-refractivity contribution in [1.29, 1.82) is 0 Å². The molecule has 2 saturated carbocycles. The van der Waals surface area contributed by atoms with Crippen LogP contribution in [-0.4, -0.2) is 41.9 Å². The van der Waals surface area contributed by atoms with Gasteiger partial charge >= 0.3 is 0 Å². The predicted molar refractivity (Wildman–Crippen MR) is 106 cm³/mol. The molecule has 3 aliphatic rings. The van der Waals surface area contributed by atoms with Crippen LogP contribution in [-0.2, 0) is 9.59 Å². The molecule has 2 amide bonds. The molecular formula is C20H36ClN3O2. The van der Waals surface area contributed by atoms with E-state index in [1.807, 2.05) is 4.90 Å². The summed E-state index contributed by atoms with van der Waals surface area (Å²) in [5.41, 5.74) is 5.86. The highest BCUT2D eigenvalue weighted by atomic mass is 35.5. The molecule has 26 heavy (non-hydrogen) atoms. The fraction of sp³-hybridized carbons (Fsp3) is 0.900. The highest BCUT2D eigenvalue weighted by Crippen LogP contribution is 2.30. The summed E-state index contributed by atoms with van der Waals surface area (Å²) in [5, 5.41) is 3.22. The van der Waals surface area contributed by atoms with Crippen molar-refractivity contribution in [3.8, 4) is 0 Å². The van der Waals surface area contributed by atoms with Crippen molar-refractivity contribution >= 4 is 24.2 Å². The van der Waals surface area contributed by atoms with Gasteiger partial charge in [0, 0.05) is 37.5 Å². The van der Waals surface area contributed by atoms with Gasteiger partial charge in [-0.1, -0.05) is 12.8 Å². The first kappa shape index (κ1) is 21.5. The van der Waals surface area contributed by atoms with Crippen LogP contribution in [0.4, 0.5) is 0 Å². The average Bonchev–Trinajstić information content (AvgIpc) is 3.14. The minimum atomic E-state index is 0. The van der Waals surface area contributed by atoms with Crippen LogP contribution in [0.5, 0.6) is 0 Å². The van der Waals surface area contributed by atoms with Crippen LogP contribution in [0.3, 0.4) is 0 Å². The molecule has 1 saturated heterocycles. The lowest BCUT2D eigenvalue weighted by atomic mass is 9.84. The Hall–Kier alpha value is -0.810. The van der Waals surface area contributed by atoms with Gasteiger partial charge < -0.3 is 16.0 Å². The summed E-state index contributed by atoms with van der Waals surface area (Å²) in [6, 6.07) is 0.509. The van der Waals surface area contributed by atoms with Crippen molar-refractivity contribution in [2.24, 2.45) is 17.6 Å². The van der Waals surface area contributed by atoms with Crippen LogP contribution >= 0.6 is 12.4 Å². The molecule has 1 heterocycles. The molecule has 1 atom stereocenters. The summed E-state index contributed by atoms with van der Waals surface area (Å²) < 4.78 is 0. The number of nitrogens with zero attached hydrogens (tertiary/aromatic N) is 1. The van der Waals surface area contributed by atoms with Gasteiger partial charge in [-0.15, -0.1) is 12.4 Å². The zero-order chi connectivity index (χ0) is 17.6. The van der Waals surface area contributed by atoms with Gasteiger partial charge in [0.25, 0.3) is 0 Å². The minimum absolute atomic E-state index is 0. The molecule has 0 bridgehead atoms. The molecule has 5 nitrogen and oxygen atoms in total. The van der Waals surface area contributed by atoms with Gasteiger partial charge in [0.1, 0.15) is 0 Å². The summed E-state index contributed by atoms with van der Waals surface area (Å²) in [6.45, 7) is 1.46. The average molecular weight is 386 g/mol. The van der Waals surface area contributed by atoms with Crippen molar-refractivity contribution in [1.82, 2.24) is 10.2 Å². The Morgan fingerprint density at radius 3 is 2.23 bits per heavy atom. The first-order chi connectivity index (χ1) is 12.2. The Labute approximate surface area is 164 Å². The number of carbonyl (C=O) groups is 2. The van der Waals surface area contributed by atoms with E-state index in [1.165, 1.54) is 32.1 Å². The molecule has 0 aromatic heterocycles. The number of hydrogen-bond acceptors (Lipinski definition) is 3. The van der Waals surface area contributed by atoms with Crippen molar-refractivity contribution in [2.45, 2.75) is 89.1 Å². The van der Waals surface area contributed by atoms with Crippen LogP contribution in [0.25, 0.3) is 0 Å². The molecule has 0 radical (unpaired) electrons. The quantitative estimate of drug-likeness (QED) is 0.763. The number of nitrogens with two attached hydrogens (primary N) is 1. The van der Waals surface area contributed by atoms with E-state index < -0.39 is 0 Å². The van der Waals surface area contributed by atoms with Crippen molar-refractivity contribution in [2.75, 3.05) is 13.1 Å². The van der Waals surface area contributed by atoms with Crippen LogP contribution in [0.1, 0.15) is 77.0 Å². The second-order valence-electron chi connectivity index (χ2n) is 8.39. The van der Waals surface area contributed by atoms with Gasteiger partial charge in [-0.05, 0) is 63.7 Å². The fourth-order valence-electron chi connectivity index (χ4n) is 5.02. The van der Waals surface area contributed by atoms with Gasteiger partial charge in [-0.25, -0.2) is 0 Å². The first-order valence-electron chi connectivity index (χ1n) is 10.5. The Bertz CT molecular complexity index is 460. The van der Waals surface area contributed by atoms with Gasteiger partial charge in [0.2, 0.25) is 11.8 Å². The third-order valence-corrected chi connectivity index (χ3v) is 6.57. The molecule has 1 aliphatic heterocycles. The number of amides is 2. The molecule has 0 aromatic rings. The number of rotatable bonds is 5. The van der Waals surface area contributed by atoms with Crippen LogP contribution < -0.4 is 11.1 Å². The standard InChI is InChI=1S/C20H35N3O2.ClH/c21-14-18-7-3-4-12-23(18)20(25)16-8-10-17(11-9-16)22-19(24)13-15-5-1-2-6-15;/h15-18H,1-14,21H2,(H,22,24);1H. The number of hydrogen-bond donors (Lipinski definition) is 2. The topological polar surface area (TPSA) is 75.4 Å². The largest absolute Gasteiger partial charge is 0.353 e. The third kappa shape index (κ3) is 5.59. The molecule has 3 N–H and O–H groups in total. The highest BCUT2D eigenvalue weighted by molar-refractivity contribution is 5.85. The highest BCUT2D eigenvalue weighted by Gasteiger charge is 2.33. The number of carbonyl (C=O) groups excluding carboxylic acids is 2. The van der Waals surface area contributed by atoms with Gasteiger partial charge in [0.05, 0.1) is 0 Å². The van der Waals surface area contributed by atoms with E-state index in [-0.39, 0.29) is 36.3 Å². The van der Waals surface area contributed by atoms with E-state index >= 15 is 0 Å². The van der Waals surface area contributed by atoms with Crippen molar-refractivity contribution < 1.29 is 9.59 Å². The molecule has 2 aliphatic carbocycles. The molecule has 0 aromatic carbocycles. The van der Waals surface area contributed by atoms with E-state index in [0.717, 1.165) is 45.1 Å². The summed E-state index contributed by atoms with van der Waals surface area (Å²) in [7, 11) is 0. The van der Waals surface area contributed by atoms with E-state index in [2.05, 4.69) is 5.32 Å². The fourth-order valence-corrected chi connectivity index (χ4v) is 5.02. The Balaban J connectivity index is 0.00000243. The van der Waals surface area contributed by atoms with Gasteiger partial charge in [-0.2, -0.15) is 0 Å². The lowest BCUT2D eigenvalue weighted by Gasteiger charge is -2.39. The molecule has 3 fully saturated rings. The van der Waals surface area contributed by atoms with Crippen molar-refractivity contribution in [3.05, 3.63) is 0 Å². The Morgan fingerprint density at radius 1 is 0.923 bits per heavy atom. The minimum Gasteiger partial charge on any atom is -0.353 e. The van der Waals surface area contributed by atoms with Gasteiger partial charge in [0.15, 0.2) is 0 Å². The van der Waals surface area contributed by atoms with E-state index in [4.69, 9.17) is 5.73 Å². The molecular weight excluding hydrogens is 350 g/mol. The first-order valence-corrected chi connectivity index (χ1v) is 10.5. The molecule has 150 valence electrons. The van der Waals surface area contributed by atoms with Gasteiger partial charge in [-0.3, -0.25) is 9.59 Å². The monoisotopic (exact) mass is 385 g/mol. The molecule has 0 spiro atoms. The zero-order valence-electron chi connectivity index (χ0n) is 16.0. The summed E-state index contributed by atoms with van der Waals surface area (Å²) in [5.74, 6) is 1.27. The maximum atomic E-state index is 12.9. The lowest BCUT2D eigenvalue weighted by Crippen LogP contribution is -2.50. The normalized spacial score (nSPS) is 29.9. The van der Waals surface area contributed by atoms with E-state index in [9.17, 15) is 9.59 Å². The smallest absolute Gasteiger partial charge is 0.225 e. The second kappa shape index (κ2) is 10.5. The lowest BCUT2D eigenvalue weighted by molar-refractivity contribution is -0.140. The third-order valence-electron chi connectivity index (χ3n) is 6.57. The summed E-state index contributed by atoms with van der Waals surface area (Å²) in [4.78, 5) is 27.1. The van der Waals surface area contributed by atoms with E-state index in [1.54, 1.807) is 0 Å². The Kier molecular flexibility index (Phi) is 8.68. The maximum Gasteiger partial charge on any atom is 0.225 e. The van der Waals surface area contributed by atoms with E-state index in [0.29, 0.717) is 24.8 Å². The second-order valence-corrected chi connectivity index (χ2v) is 8.39. The number of piperidine rings is 1. The number of likely N-dealkylation sites (tertiary alicyclic amines) is 1. The van der Waals surface area contributed by atoms with Crippen LogP contribution in [0.2, 0.25) is 0 Å². The Morgan fingerprint density at radius 2 is 1.58 bits per heavy atom. The SMILES string of the molecule is Cl.NCC1CCCCN1C(=O)C1CCC(NC(=O)CC2CCCC2)CC1. The predicted octanol–water partition coefficient (Wildman–Crippen LogP) is 3.00. The molecule has 3 rings (SSSR count). The maximum absolute atomic E-state index is 12.9. The van der Waals surface area contributed by atoms with Crippen LogP contribution in [0.15, 0.2) is 0 Å². The number of nitrogens with one attached hydrogen (secondary N) is 1. The van der Waals surface area contributed by atoms with Crippen LogP contribution in [0, 0.1) is 11.8 Å². The number of halogens is 1. The van der Waals surface area contributed by atoms with Crippen molar-refractivity contribution in [3.63, 3.8) is 0 Å². The summed E-state index contributed by atoms with van der Waals surface area (Å²) in [6.07, 6.45) is 12.7.